The van der Waals surface area contributed by atoms with Crippen LogP contribution in [0.1, 0.15) is 27.7 Å². The maximum absolute atomic E-state index is 13.1. The van der Waals surface area contributed by atoms with Crippen LogP contribution in [0.2, 0.25) is 39.3 Å². The van der Waals surface area contributed by atoms with E-state index in [2.05, 4.69) is 0 Å². The number of hydrogen-bond donors (Lipinski definition) is 0. The molecule has 0 aromatic heterocycles. The van der Waals surface area contributed by atoms with E-state index in [1.807, 2.05) is 39.3 Å². The highest BCUT2D eigenvalue weighted by atomic mass is 31.4. The second-order valence-corrected chi connectivity index (χ2v) is 24.7. The van der Waals surface area contributed by atoms with Crippen molar-refractivity contribution in [3.8, 4) is 0 Å². The van der Waals surface area contributed by atoms with Crippen LogP contribution in [0.3, 0.4) is 0 Å². The monoisotopic (exact) mass is 382 g/mol. The Morgan fingerprint density at radius 2 is 1.43 bits per heavy atom. The molecule has 0 heterocycles. The van der Waals surface area contributed by atoms with Crippen molar-refractivity contribution in [2.75, 3.05) is 0 Å². The van der Waals surface area contributed by atoms with Gasteiger partial charge in [-0.05, 0) is 47.3 Å². The van der Waals surface area contributed by atoms with Gasteiger partial charge in [0.05, 0.1) is 5.41 Å². The lowest BCUT2D eigenvalue weighted by Gasteiger charge is -2.33. The van der Waals surface area contributed by atoms with Crippen molar-refractivity contribution in [1.82, 2.24) is 0 Å². The van der Waals surface area contributed by atoms with E-state index in [4.69, 9.17) is 13.5 Å². The van der Waals surface area contributed by atoms with Gasteiger partial charge in [-0.25, -0.2) is 4.79 Å². The lowest BCUT2D eigenvalue weighted by atomic mass is 9.97. The first-order valence-corrected chi connectivity index (χ1v) is 16.9. The molecule has 1 unspecified atom stereocenters. The summed E-state index contributed by atoms with van der Waals surface area (Å²) in [6.45, 7) is 17.6. The Morgan fingerprint density at radius 3 is 1.74 bits per heavy atom. The average Bonchev–Trinajstić information content (AvgIpc) is 2.22. The van der Waals surface area contributed by atoms with Gasteiger partial charge in [0.2, 0.25) is 0 Å². The minimum absolute atomic E-state index is 0.518. The standard InChI is InChI=1S/C14H31O6PSi2/c1-11(18-13(16)14(2,3)4)12(15)19-21(17,23(8,9)10)20-22(5,6)7/h11H,1-10H3/t11-,21?/m0/s1. The van der Waals surface area contributed by atoms with E-state index in [9.17, 15) is 14.2 Å². The normalized spacial score (nSPS) is 17.1. The highest BCUT2D eigenvalue weighted by Crippen LogP contribution is 2.59. The quantitative estimate of drug-likeness (QED) is 0.385. The van der Waals surface area contributed by atoms with Gasteiger partial charge in [0, 0.05) is 0 Å². The third kappa shape index (κ3) is 7.33. The Hall–Kier alpha value is -0.436. The summed E-state index contributed by atoms with van der Waals surface area (Å²) in [6, 6.07) is 0. The van der Waals surface area contributed by atoms with Crippen LogP contribution in [-0.4, -0.2) is 34.1 Å². The molecule has 0 rings (SSSR count). The first-order chi connectivity index (χ1) is 9.89. The predicted octanol–water partition coefficient (Wildman–Crippen LogP) is 4.39. The summed E-state index contributed by atoms with van der Waals surface area (Å²) in [5.74, 6) is -1.34. The lowest BCUT2D eigenvalue weighted by Crippen LogP contribution is -2.37. The van der Waals surface area contributed by atoms with Crippen molar-refractivity contribution < 1.29 is 27.6 Å². The Labute approximate surface area is 141 Å². The van der Waals surface area contributed by atoms with Crippen molar-refractivity contribution in [2.45, 2.75) is 73.1 Å². The van der Waals surface area contributed by atoms with Gasteiger partial charge in [-0.2, -0.15) is 0 Å². The van der Waals surface area contributed by atoms with E-state index in [1.54, 1.807) is 20.8 Å². The van der Waals surface area contributed by atoms with Crippen LogP contribution < -0.4 is 0 Å². The number of carbonyl (C=O) groups is 2. The van der Waals surface area contributed by atoms with Crippen LogP contribution >= 0.6 is 7.14 Å². The number of esters is 1. The summed E-state index contributed by atoms with van der Waals surface area (Å²) >= 11 is 0. The number of hydrogen-bond acceptors (Lipinski definition) is 6. The molecule has 0 aliphatic rings. The van der Waals surface area contributed by atoms with Gasteiger partial charge in [-0.15, -0.1) is 0 Å². The molecule has 0 saturated carbocycles. The molecular formula is C14H31O6PSi2. The summed E-state index contributed by atoms with van der Waals surface area (Å²) in [5.41, 5.74) is -0.730. The van der Waals surface area contributed by atoms with Gasteiger partial charge in [0.15, 0.2) is 22.2 Å². The summed E-state index contributed by atoms with van der Waals surface area (Å²) in [6.07, 6.45) is -1.13. The van der Waals surface area contributed by atoms with Crippen molar-refractivity contribution in [2.24, 2.45) is 5.41 Å². The molecule has 2 atom stereocenters. The highest BCUT2D eigenvalue weighted by Gasteiger charge is 2.48. The van der Waals surface area contributed by atoms with Crippen molar-refractivity contribution >= 4 is 35.1 Å². The molecule has 0 aliphatic carbocycles. The van der Waals surface area contributed by atoms with Crippen molar-refractivity contribution in [3.05, 3.63) is 0 Å². The summed E-state index contributed by atoms with van der Waals surface area (Å²) in [5, 5.41) is 0. The lowest BCUT2D eigenvalue weighted by molar-refractivity contribution is -0.167. The summed E-state index contributed by atoms with van der Waals surface area (Å²) in [4.78, 5) is 24.1. The number of carbonyl (C=O) groups excluding carboxylic acids is 2. The zero-order valence-electron chi connectivity index (χ0n) is 16.0. The minimum Gasteiger partial charge on any atom is -0.450 e. The maximum Gasteiger partial charge on any atom is 0.353 e. The highest BCUT2D eigenvalue weighted by molar-refractivity contribution is 7.93. The Morgan fingerprint density at radius 1 is 1.00 bits per heavy atom. The Balaban J connectivity index is 5.20. The number of ether oxygens (including phenoxy) is 1. The predicted molar refractivity (Wildman–Crippen MR) is 96.5 cm³/mol. The van der Waals surface area contributed by atoms with Gasteiger partial charge in [0.1, 0.15) is 0 Å². The minimum atomic E-state index is -3.56. The van der Waals surface area contributed by atoms with E-state index >= 15 is 0 Å². The molecule has 0 N–H and O–H groups in total. The number of rotatable bonds is 6. The van der Waals surface area contributed by atoms with Gasteiger partial charge in [-0.3, -0.25) is 9.36 Å². The van der Waals surface area contributed by atoms with Crippen LogP contribution in [0.4, 0.5) is 0 Å². The third-order valence-corrected chi connectivity index (χ3v) is 13.9. The molecule has 9 heteroatoms. The van der Waals surface area contributed by atoms with Gasteiger partial charge < -0.3 is 13.5 Å². The maximum atomic E-state index is 13.1. The molecule has 0 aliphatic heterocycles. The molecule has 0 amide bonds. The molecule has 0 aromatic rings. The first-order valence-electron chi connectivity index (χ1n) is 7.64. The summed E-state index contributed by atoms with van der Waals surface area (Å²) in [7, 11) is -8.16. The third-order valence-electron chi connectivity index (χ3n) is 2.65. The van der Waals surface area contributed by atoms with Gasteiger partial charge in [-0.1, -0.05) is 19.6 Å². The molecule has 23 heavy (non-hydrogen) atoms. The van der Waals surface area contributed by atoms with E-state index in [0.717, 1.165) is 0 Å². The molecule has 0 aromatic carbocycles. The largest absolute Gasteiger partial charge is 0.450 e. The second-order valence-electron chi connectivity index (χ2n) is 8.58. The average molecular weight is 383 g/mol. The van der Waals surface area contributed by atoms with Crippen LogP contribution in [0.5, 0.6) is 0 Å². The molecule has 0 saturated heterocycles. The molecule has 6 nitrogen and oxygen atoms in total. The topological polar surface area (TPSA) is 78.9 Å². The van der Waals surface area contributed by atoms with E-state index < -0.39 is 46.7 Å². The molecular weight excluding hydrogens is 351 g/mol. The zero-order chi connectivity index (χ0) is 18.9. The van der Waals surface area contributed by atoms with Crippen LogP contribution in [0.15, 0.2) is 0 Å². The fourth-order valence-electron chi connectivity index (χ4n) is 1.23. The molecule has 136 valence electrons. The SMILES string of the molecule is C[C@H](OC(=O)C(C)(C)C)C(=O)OP(=O)(O[Si](C)(C)C)[Si](C)(C)C. The molecule has 0 spiro atoms. The van der Waals surface area contributed by atoms with E-state index in [1.165, 1.54) is 6.92 Å². The van der Waals surface area contributed by atoms with Gasteiger partial charge >= 0.3 is 19.1 Å². The smallest absolute Gasteiger partial charge is 0.353 e. The van der Waals surface area contributed by atoms with Gasteiger partial charge in [0.25, 0.3) is 0 Å². The molecule has 0 fully saturated rings. The summed E-state index contributed by atoms with van der Waals surface area (Å²) < 4.78 is 29.3. The Bertz CT molecular complexity index is 499. The van der Waals surface area contributed by atoms with Crippen LogP contribution in [0.25, 0.3) is 0 Å². The fourth-order valence-corrected chi connectivity index (χ4v) is 12.0. The van der Waals surface area contributed by atoms with E-state index in [-0.39, 0.29) is 0 Å². The Kier molecular flexibility index (Phi) is 7.07. The molecule has 0 bridgehead atoms. The van der Waals surface area contributed by atoms with Crippen LogP contribution in [-0.2, 0) is 27.6 Å². The van der Waals surface area contributed by atoms with E-state index in [0.29, 0.717) is 0 Å². The van der Waals surface area contributed by atoms with Crippen molar-refractivity contribution in [3.63, 3.8) is 0 Å². The van der Waals surface area contributed by atoms with Crippen molar-refractivity contribution in [1.29, 1.82) is 0 Å². The van der Waals surface area contributed by atoms with Crippen LogP contribution in [0, 0.1) is 5.41 Å². The zero-order valence-corrected chi connectivity index (χ0v) is 18.9. The fraction of sp³-hybridized carbons (Fsp3) is 0.857. The first kappa shape index (κ1) is 22.6. The molecule has 0 radical (unpaired) electrons. The second kappa shape index (κ2) is 7.21.